The molecule has 0 saturated heterocycles. The minimum atomic E-state index is -1.82. The molecule has 0 saturated carbocycles. The molecule has 0 bridgehead atoms. The Morgan fingerprint density at radius 3 is 2.52 bits per heavy atom. The van der Waals surface area contributed by atoms with E-state index in [-0.39, 0.29) is 6.10 Å². The number of nitrogens with zero attached hydrogens (tertiary/aromatic N) is 2. The van der Waals surface area contributed by atoms with Crippen molar-refractivity contribution in [2.45, 2.75) is 26.4 Å². The van der Waals surface area contributed by atoms with E-state index in [0.717, 1.165) is 16.8 Å². The van der Waals surface area contributed by atoms with Crippen LogP contribution >= 0.6 is 20.0 Å². The van der Waals surface area contributed by atoms with E-state index in [9.17, 15) is 0 Å². The maximum Gasteiger partial charge on any atom is 0.258 e. The summed E-state index contributed by atoms with van der Waals surface area (Å²) in [5, 5.41) is 7.77. The molecule has 0 aliphatic carbocycles. The standard InChI is InChI=1S/C20H23ClN3O4P/c1-13(2)27-18-9-6-15(12-17(18)21)19-23-20(28-24-19)14-4-7-16(8-5-14)22-10-3-11-29(25)26/h4-9,12-13,22,25-26H,3,10-11H2,1-2H3. The van der Waals surface area contributed by atoms with E-state index in [0.29, 0.717) is 41.6 Å². The Bertz CT molecular complexity index is 932. The summed E-state index contributed by atoms with van der Waals surface area (Å²) in [6.07, 6.45) is 1.13. The van der Waals surface area contributed by atoms with Crippen LogP contribution in [0.1, 0.15) is 20.3 Å². The van der Waals surface area contributed by atoms with E-state index in [1.54, 1.807) is 12.1 Å². The van der Waals surface area contributed by atoms with Gasteiger partial charge < -0.3 is 24.4 Å². The quantitative estimate of drug-likeness (QED) is 0.323. The number of hydrogen-bond donors (Lipinski definition) is 3. The van der Waals surface area contributed by atoms with Gasteiger partial charge in [0.05, 0.1) is 11.1 Å². The van der Waals surface area contributed by atoms with Gasteiger partial charge in [-0.05, 0) is 62.7 Å². The van der Waals surface area contributed by atoms with Crippen molar-refractivity contribution in [3.05, 3.63) is 47.5 Å². The fraction of sp³-hybridized carbons (Fsp3) is 0.300. The first-order valence-corrected chi connectivity index (χ1v) is 11.0. The zero-order valence-electron chi connectivity index (χ0n) is 16.2. The molecule has 29 heavy (non-hydrogen) atoms. The molecule has 0 amide bonds. The first-order chi connectivity index (χ1) is 13.9. The van der Waals surface area contributed by atoms with Crippen molar-refractivity contribution in [3.8, 4) is 28.6 Å². The van der Waals surface area contributed by atoms with Gasteiger partial charge in [0, 0.05) is 29.5 Å². The van der Waals surface area contributed by atoms with E-state index >= 15 is 0 Å². The number of anilines is 1. The van der Waals surface area contributed by atoms with Gasteiger partial charge in [0.1, 0.15) is 5.75 Å². The maximum atomic E-state index is 8.92. The predicted molar refractivity (Wildman–Crippen MR) is 115 cm³/mol. The molecule has 1 aromatic heterocycles. The molecule has 154 valence electrons. The summed E-state index contributed by atoms with van der Waals surface area (Å²) >= 11 is 6.29. The summed E-state index contributed by atoms with van der Waals surface area (Å²) in [6, 6.07) is 13.0. The normalized spacial score (nSPS) is 11.3. The Kier molecular flexibility index (Phi) is 7.45. The van der Waals surface area contributed by atoms with Crippen molar-refractivity contribution in [2.24, 2.45) is 0 Å². The molecule has 1 heterocycles. The molecule has 0 atom stereocenters. The van der Waals surface area contributed by atoms with Crippen molar-refractivity contribution in [3.63, 3.8) is 0 Å². The van der Waals surface area contributed by atoms with Crippen molar-refractivity contribution in [1.82, 2.24) is 10.1 Å². The van der Waals surface area contributed by atoms with Gasteiger partial charge in [-0.25, -0.2) is 0 Å². The van der Waals surface area contributed by atoms with Crippen LogP contribution in [0, 0.1) is 0 Å². The van der Waals surface area contributed by atoms with Crippen LogP contribution in [0.15, 0.2) is 47.0 Å². The summed E-state index contributed by atoms with van der Waals surface area (Å²) in [4.78, 5) is 22.3. The average molecular weight is 436 g/mol. The Labute approximate surface area is 175 Å². The third kappa shape index (κ3) is 6.15. The molecular weight excluding hydrogens is 413 g/mol. The highest BCUT2D eigenvalue weighted by molar-refractivity contribution is 7.45. The van der Waals surface area contributed by atoms with Crippen molar-refractivity contribution >= 4 is 25.7 Å². The summed E-state index contributed by atoms with van der Waals surface area (Å²) in [5.41, 5.74) is 2.47. The Morgan fingerprint density at radius 2 is 1.86 bits per heavy atom. The van der Waals surface area contributed by atoms with Gasteiger partial charge in [0.15, 0.2) is 8.38 Å². The Morgan fingerprint density at radius 1 is 1.14 bits per heavy atom. The molecule has 2 aromatic carbocycles. The maximum absolute atomic E-state index is 8.92. The molecule has 9 heteroatoms. The van der Waals surface area contributed by atoms with E-state index in [4.69, 9.17) is 30.6 Å². The van der Waals surface area contributed by atoms with Gasteiger partial charge >= 0.3 is 0 Å². The summed E-state index contributed by atoms with van der Waals surface area (Å²) in [7, 11) is -1.82. The number of nitrogens with one attached hydrogen (secondary N) is 1. The molecular formula is C20H23ClN3O4P. The van der Waals surface area contributed by atoms with Crippen molar-refractivity contribution < 1.29 is 19.0 Å². The van der Waals surface area contributed by atoms with E-state index in [1.807, 2.05) is 44.2 Å². The number of rotatable bonds is 9. The zero-order valence-corrected chi connectivity index (χ0v) is 17.8. The molecule has 3 rings (SSSR count). The third-order valence-corrected chi connectivity index (χ3v) is 4.99. The number of aromatic nitrogens is 2. The minimum absolute atomic E-state index is 0.0368. The molecule has 3 aromatic rings. The summed E-state index contributed by atoms with van der Waals surface area (Å²) in [6.45, 7) is 4.55. The summed E-state index contributed by atoms with van der Waals surface area (Å²) in [5.74, 6) is 1.48. The molecule has 3 N–H and O–H groups in total. The molecule has 0 unspecified atom stereocenters. The van der Waals surface area contributed by atoms with Crippen LogP contribution in [0.25, 0.3) is 22.8 Å². The zero-order chi connectivity index (χ0) is 20.8. The molecule has 0 spiro atoms. The van der Waals surface area contributed by atoms with Crippen LogP contribution in [-0.2, 0) is 0 Å². The van der Waals surface area contributed by atoms with Gasteiger partial charge in [-0.3, -0.25) is 0 Å². The lowest BCUT2D eigenvalue weighted by Gasteiger charge is -2.11. The first kappa shape index (κ1) is 21.5. The number of halogens is 1. The van der Waals surface area contributed by atoms with Crippen LogP contribution in [0.3, 0.4) is 0 Å². The highest BCUT2D eigenvalue weighted by atomic mass is 35.5. The van der Waals surface area contributed by atoms with Gasteiger partial charge in [-0.15, -0.1) is 0 Å². The van der Waals surface area contributed by atoms with Crippen LogP contribution in [0.2, 0.25) is 5.02 Å². The monoisotopic (exact) mass is 435 g/mol. The number of hydrogen-bond acceptors (Lipinski definition) is 7. The second-order valence-corrected chi connectivity index (χ2v) is 8.29. The molecule has 0 aliphatic heterocycles. The van der Waals surface area contributed by atoms with Gasteiger partial charge in [0.25, 0.3) is 5.89 Å². The van der Waals surface area contributed by atoms with E-state index < -0.39 is 8.38 Å². The van der Waals surface area contributed by atoms with Crippen LogP contribution in [-0.4, -0.2) is 38.7 Å². The molecule has 0 fully saturated rings. The highest BCUT2D eigenvalue weighted by Crippen LogP contribution is 2.31. The van der Waals surface area contributed by atoms with E-state index in [2.05, 4.69) is 15.5 Å². The largest absolute Gasteiger partial charge is 0.489 e. The second kappa shape index (κ2) is 10.0. The minimum Gasteiger partial charge on any atom is -0.489 e. The van der Waals surface area contributed by atoms with Crippen molar-refractivity contribution in [2.75, 3.05) is 18.0 Å². The van der Waals surface area contributed by atoms with Crippen LogP contribution in [0.4, 0.5) is 5.69 Å². The van der Waals surface area contributed by atoms with Gasteiger partial charge in [-0.2, -0.15) is 4.98 Å². The molecule has 0 aliphatic rings. The lowest BCUT2D eigenvalue weighted by Crippen LogP contribution is -2.05. The van der Waals surface area contributed by atoms with Crippen LogP contribution in [0.5, 0.6) is 5.75 Å². The summed E-state index contributed by atoms with van der Waals surface area (Å²) < 4.78 is 11.0. The van der Waals surface area contributed by atoms with Gasteiger partial charge in [0.2, 0.25) is 5.82 Å². The molecule has 7 nitrogen and oxygen atoms in total. The highest BCUT2D eigenvalue weighted by Gasteiger charge is 2.13. The Hall–Kier alpha value is -2.18. The fourth-order valence-corrected chi connectivity index (χ4v) is 3.30. The molecule has 0 radical (unpaired) electrons. The average Bonchev–Trinajstić information content (AvgIpc) is 3.17. The Balaban J connectivity index is 1.66. The second-order valence-electron chi connectivity index (χ2n) is 6.69. The number of benzene rings is 2. The lowest BCUT2D eigenvalue weighted by molar-refractivity contribution is 0.242. The van der Waals surface area contributed by atoms with Crippen molar-refractivity contribution in [1.29, 1.82) is 0 Å². The van der Waals surface area contributed by atoms with E-state index in [1.165, 1.54) is 0 Å². The van der Waals surface area contributed by atoms with Crippen LogP contribution < -0.4 is 10.1 Å². The predicted octanol–water partition coefficient (Wildman–Crippen LogP) is 4.94. The topological polar surface area (TPSA) is 101 Å². The fourth-order valence-electron chi connectivity index (χ4n) is 2.63. The lowest BCUT2D eigenvalue weighted by atomic mass is 10.2. The smallest absolute Gasteiger partial charge is 0.258 e. The third-order valence-electron chi connectivity index (χ3n) is 3.97. The first-order valence-electron chi connectivity index (χ1n) is 9.22. The van der Waals surface area contributed by atoms with Gasteiger partial charge in [-0.1, -0.05) is 16.8 Å². The SMILES string of the molecule is CC(C)Oc1ccc(-c2noc(-c3ccc(NCCCP(O)O)cc3)n2)cc1Cl. The number of ether oxygens (including phenoxy) is 1.